The molecule has 0 unspecified atom stereocenters. The number of carbonyl (C=O) groups excluding carboxylic acids is 2. The summed E-state index contributed by atoms with van der Waals surface area (Å²) in [5.74, 6) is 0.334. The van der Waals surface area contributed by atoms with Gasteiger partial charge in [-0.15, -0.1) is 10.2 Å². The maximum atomic E-state index is 15.0. The lowest BCUT2D eigenvalue weighted by Gasteiger charge is -2.33. The number of hydrogen-bond donors (Lipinski definition) is 0. The number of carbonyl (C=O) groups is 2. The fraction of sp³-hybridized carbons (Fsp3) is 0.481. The maximum Gasteiger partial charge on any atom is 0.416 e. The molecule has 0 N–H and O–H groups in total. The van der Waals surface area contributed by atoms with Crippen molar-refractivity contribution in [2.75, 3.05) is 18.0 Å². The summed E-state index contributed by atoms with van der Waals surface area (Å²) in [4.78, 5) is 28.7. The quantitative estimate of drug-likeness (QED) is 0.478. The van der Waals surface area contributed by atoms with Gasteiger partial charge >= 0.3 is 6.09 Å². The van der Waals surface area contributed by atoms with E-state index >= 15 is 4.39 Å². The second-order valence-corrected chi connectivity index (χ2v) is 10.7. The number of ether oxygens (including phenoxy) is 2. The highest BCUT2D eigenvalue weighted by Gasteiger charge is 2.32. The molecule has 3 aromatic rings. The number of hydrogen-bond acceptors (Lipinski definition) is 6. The number of benzene rings is 1. The summed E-state index contributed by atoms with van der Waals surface area (Å²) < 4.78 is 28.6. The number of anilines is 1. The van der Waals surface area contributed by atoms with Crippen LogP contribution in [0.5, 0.6) is 0 Å². The highest BCUT2D eigenvalue weighted by molar-refractivity contribution is 5.88. The Balaban J connectivity index is 1.63. The smallest absolute Gasteiger partial charge is 0.416 e. The molecule has 2 aromatic heterocycles. The number of nitrogens with zero attached hydrogens (tertiary/aromatic N) is 5. The first kappa shape index (κ1) is 25.1. The lowest BCUT2D eigenvalue weighted by atomic mass is 9.89. The fourth-order valence-electron chi connectivity index (χ4n) is 5.16. The Labute approximate surface area is 215 Å². The molecule has 0 spiro atoms. The second-order valence-electron chi connectivity index (χ2n) is 10.7. The van der Waals surface area contributed by atoms with Crippen LogP contribution >= 0.6 is 0 Å². The van der Waals surface area contributed by atoms with E-state index in [0.29, 0.717) is 35.7 Å². The summed E-state index contributed by atoms with van der Waals surface area (Å²) in [5, 5.41) is 8.57. The molecule has 1 saturated heterocycles. The Morgan fingerprint density at radius 3 is 2.57 bits per heavy atom. The molecule has 2 aliphatic heterocycles. The minimum Gasteiger partial charge on any atom is -0.443 e. The van der Waals surface area contributed by atoms with Crippen LogP contribution in [0.3, 0.4) is 0 Å². The largest absolute Gasteiger partial charge is 0.443 e. The zero-order valence-corrected chi connectivity index (χ0v) is 21.7. The Bertz CT molecular complexity index is 1340. The van der Waals surface area contributed by atoms with Gasteiger partial charge in [0.15, 0.2) is 5.65 Å². The third kappa shape index (κ3) is 5.02. The first-order valence-electron chi connectivity index (χ1n) is 12.6. The first-order chi connectivity index (χ1) is 17.6. The number of rotatable bonds is 1. The van der Waals surface area contributed by atoms with Crippen molar-refractivity contribution in [2.45, 2.75) is 71.8 Å². The van der Waals surface area contributed by atoms with Crippen LogP contribution in [0.25, 0.3) is 5.65 Å². The predicted molar refractivity (Wildman–Crippen MR) is 135 cm³/mol. The van der Waals surface area contributed by atoms with Crippen molar-refractivity contribution >= 4 is 23.5 Å². The number of halogens is 1. The lowest BCUT2D eigenvalue weighted by molar-refractivity contribution is -0.129. The Kier molecular flexibility index (Phi) is 6.61. The van der Waals surface area contributed by atoms with E-state index in [1.165, 1.54) is 11.0 Å². The van der Waals surface area contributed by atoms with E-state index in [1.54, 1.807) is 44.5 Å². The van der Waals surface area contributed by atoms with Crippen LogP contribution in [0.15, 0.2) is 30.6 Å². The number of aromatic nitrogens is 3. The van der Waals surface area contributed by atoms with Gasteiger partial charge in [0, 0.05) is 36.7 Å². The number of pyridine rings is 1. The van der Waals surface area contributed by atoms with Gasteiger partial charge in [0.2, 0.25) is 5.91 Å². The molecule has 37 heavy (non-hydrogen) atoms. The van der Waals surface area contributed by atoms with Crippen molar-refractivity contribution in [3.8, 4) is 0 Å². The summed E-state index contributed by atoms with van der Waals surface area (Å²) in [6, 6.07) is 6.86. The van der Waals surface area contributed by atoms with Crippen LogP contribution in [-0.4, -0.2) is 50.2 Å². The summed E-state index contributed by atoms with van der Waals surface area (Å²) in [7, 11) is 0. The third-order valence-electron chi connectivity index (χ3n) is 6.95. The van der Waals surface area contributed by atoms with E-state index < -0.39 is 17.5 Å². The van der Waals surface area contributed by atoms with E-state index in [0.717, 1.165) is 24.0 Å². The zero-order valence-electron chi connectivity index (χ0n) is 21.7. The van der Waals surface area contributed by atoms with E-state index in [2.05, 4.69) is 10.2 Å². The van der Waals surface area contributed by atoms with Gasteiger partial charge in [-0.3, -0.25) is 14.1 Å². The number of piperidine rings is 1. The first-order valence-corrected chi connectivity index (χ1v) is 12.6. The Hall–Kier alpha value is -3.53. The Morgan fingerprint density at radius 2 is 1.86 bits per heavy atom. The monoisotopic (exact) mass is 509 g/mol. The molecular weight excluding hydrogens is 477 g/mol. The molecule has 9 nitrogen and oxygen atoms in total. The van der Waals surface area contributed by atoms with Gasteiger partial charge in [0.25, 0.3) is 0 Å². The van der Waals surface area contributed by atoms with Crippen LogP contribution < -0.4 is 4.90 Å². The molecule has 0 aliphatic carbocycles. The molecule has 0 bridgehead atoms. The molecule has 5 rings (SSSR count). The van der Waals surface area contributed by atoms with E-state index in [1.807, 2.05) is 17.0 Å². The summed E-state index contributed by atoms with van der Waals surface area (Å²) in [6.07, 6.45) is 2.57. The second kappa shape index (κ2) is 9.74. The van der Waals surface area contributed by atoms with E-state index in [9.17, 15) is 9.59 Å². The molecule has 0 radical (unpaired) electrons. The SMILES string of the molecule is CC(=O)N1CCC(c2cc3c(n4cnnc24)N(C(=O)OC(C)(C)C)Cc2c(F)cccc2COC3)CC1. The lowest BCUT2D eigenvalue weighted by Crippen LogP contribution is -2.38. The standard InChI is InChI=1S/C27H32FN5O4/c1-17(34)31-10-8-18(9-11-31)21-12-20-15-36-14-19-6-5-7-23(28)22(19)13-32(26(35)37-27(2,3)4)25(20)33-16-29-30-24(21)33/h5-7,12,16,18H,8-11,13-15H2,1-4H3. The molecule has 1 fully saturated rings. The summed E-state index contributed by atoms with van der Waals surface area (Å²) in [5.41, 5.74) is 2.69. The normalized spacial score (nSPS) is 17.0. The topological polar surface area (TPSA) is 89.3 Å². The number of fused-ring (bicyclic) bond motifs is 4. The number of likely N-dealkylation sites (tertiary alicyclic amines) is 1. The van der Waals surface area contributed by atoms with Gasteiger partial charge in [0.05, 0.1) is 19.8 Å². The van der Waals surface area contributed by atoms with Crippen molar-refractivity contribution in [3.63, 3.8) is 0 Å². The van der Waals surface area contributed by atoms with Gasteiger partial charge in [-0.05, 0) is 57.2 Å². The van der Waals surface area contributed by atoms with Crippen molar-refractivity contribution in [2.24, 2.45) is 0 Å². The van der Waals surface area contributed by atoms with Crippen LogP contribution in [-0.2, 0) is 34.0 Å². The van der Waals surface area contributed by atoms with Gasteiger partial charge in [-0.1, -0.05) is 12.1 Å². The van der Waals surface area contributed by atoms with Crippen molar-refractivity contribution in [3.05, 3.63) is 58.7 Å². The molecule has 0 saturated carbocycles. The molecular formula is C27H32FN5O4. The highest BCUT2D eigenvalue weighted by Crippen LogP contribution is 2.37. The molecule has 2 aliphatic rings. The minimum atomic E-state index is -0.749. The van der Waals surface area contributed by atoms with Gasteiger partial charge < -0.3 is 14.4 Å². The third-order valence-corrected chi connectivity index (χ3v) is 6.95. The summed E-state index contributed by atoms with van der Waals surface area (Å²) >= 11 is 0. The van der Waals surface area contributed by atoms with Crippen molar-refractivity contribution < 1.29 is 23.5 Å². The number of amides is 2. The van der Waals surface area contributed by atoms with Gasteiger partial charge in [-0.25, -0.2) is 9.18 Å². The Morgan fingerprint density at radius 1 is 1.14 bits per heavy atom. The van der Waals surface area contributed by atoms with Crippen LogP contribution in [0.2, 0.25) is 0 Å². The van der Waals surface area contributed by atoms with Crippen LogP contribution in [0, 0.1) is 5.82 Å². The fourth-order valence-corrected chi connectivity index (χ4v) is 5.16. The molecule has 0 atom stereocenters. The van der Waals surface area contributed by atoms with Gasteiger partial charge in [-0.2, -0.15) is 0 Å². The van der Waals surface area contributed by atoms with Crippen LogP contribution in [0.4, 0.5) is 15.0 Å². The average molecular weight is 510 g/mol. The van der Waals surface area contributed by atoms with Crippen molar-refractivity contribution in [1.82, 2.24) is 19.5 Å². The maximum absolute atomic E-state index is 15.0. The van der Waals surface area contributed by atoms with E-state index in [4.69, 9.17) is 9.47 Å². The zero-order chi connectivity index (χ0) is 26.3. The molecule has 2 amide bonds. The predicted octanol–water partition coefficient (Wildman–Crippen LogP) is 4.57. The molecule has 10 heteroatoms. The average Bonchev–Trinajstić information content (AvgIpc) is 3.34. The van der Waals surface area contributed by atoms with Gasteiger partial charge in [0.1, 0.15) is 23.6 Å². The highest BCUT2D eigenvalue weighted by atomic mass is 19.1. The molecule has 196 valence electrons. The molecule has 4 heterocycles. The molecule has 1 aromatic carbocycles. The summed E-state index contributed by atoms with van der Waals surface area (Å²) in [6.45, 7) is 8.71. The minimum absolute atomic E-state index is 0.0308. The van der Waals surface area contributed by atoms with E-state index in [-0.39, 0.29) is 31.6 Å². The van der Waals surface area contributed by atoms with Crippen LogP contribution in [0.1, 0.15) is 68.7 Å². The van der Waals surface area contributed by atoms with Crippen molar-refractivity contribution in [1.29, 1.82) is 0 Å².